The van der Waals surface area contributed by atoms with Crippen LogP contribution in [0.3, 0.4) is 0 Å². The van der Waals surface area contributed by atoms with E-state index in [9.17, 15) is 36.3 Å². The van der Waals surface area contributed by atoms with E-state index in [-0.39, 0.29) is 24.2 Å². The van der Waals surface area contributed by atoms with E-state index in [4.69, 9.17) is 5.11 Å². The van der Waals surface area contributed by atoms with Crippen molar-refractivity contribution in [3.63, 3.8) is 0 Å². The van der Waals surface area contributed by atoms with Gasteiger partial charge >= 0.3 is 12.3 Å². The van der Waals surface area contributed by atoms with E-state index < -0.39 is 53.4 Å². The number of carboxylic acid groups (broad SMARTS) is 1. The van der Waals surface area contributed by atoms with Gasteiger partial charge in [0.05, 0.1) is 18.0 Å². The highest BCUT2D eigenvalue weighted by molar-refractivity contribution is 5.97. The summed E-state index contributed by atoms with van der Waals surface area (Å²) < 4.78 is 69.7. The van der Waals surface area contributed by atoms with Crippen LogP contribution in [-0.4, -0.2) is 35.8 Å². The van der Waals surface area contributed by atoms with E-state index in [1.54, 1.807) is 12.1 Å². The topological polar surface area (TPSA) is 105 Å². The van der Waals surface area contributed by atoms with E-state index in [1.807, 2.05) is 6.92 Å². The Hall–Kier alpha value is -4.48. The number of carboxylic acids is 1. The van der Waals surface area contributed by atoms with Gasteiger partial charge < -0.3 is 20.5 Å². The molecule has 2 unspecified atom stereocenters. The Balaban J connectivity index is 1.96. The monoisotopic (exact) mass is 578 g/mol. The van der Waals surface area contributed by atoms with Crippen LogP contribution in [0.2, 0.25) is 0 Å². The van der Waals surface area contributed by atoms with E-state index in [0.717, 1.165) is 24.3 Å². The van der Waals surface area contributed by atoms with Gasteiger partial charge in [0, 0.05) is 18.2 Å². The van der Waals surface area contributed by atoms with Gasteiger partial charge in [-0.3, -0.25) is 14.4 Å². The highest BCUT2D eigenvalue weighted by Crippen LogP contribution is 2.39. The summed E-state index contributed by atoms with van der Waals surface area (Å²) in [5.74, 6) is -6.18. The van der Waals surface area contributed by atoms with Crippen LogP contribution in [0, 0.1) is 11.6 Å². The second-order valence-corrected chi connectivity index (χ2v) is 9.12. The molecule has 3 N–H and O–H groups in total. The molecule has 0 aliphatic heterocycles. The van der Waals surface area contributed by atoms with Crippen molar-refractivity contribution in [1.82, 2.24) is 5.32 Å². The minimum absolute atomic E-state index is 0.0649. The van der Waals surface area contributed by atoms with Crippen molar-refractivity contribution in [2.75, 3.05) is 11.9 Å². The summed E-state index contributed by atoms with van der Waals surface area (Å²) >= 11 is 0. The zero-order chi connectivity index (χ0) is 30.2. The third kappa shape index (κ3) is 9.02. The van der Waals surface area contributed by atoms with Crippen LogP contribution in [-0.2, 0) is 9.59 Å². The number of ether oxygens (including phenoxy) is 1. The van der Waals surface area contributed by atoms with Crippen LogP contribution in [0.15, 0.2) is 66.7 Å². The average Bonchev–Trinajstić information content (AvgIpc) is 2.90. The Morgan fingerprint density at radius 3 is 2.12 bits per heavy atom. The molecule has 2 amide bonds. The number of nitrogens with one attached hydrogen (secondary N) is 2. The predicted molar refractivity (Wildman–Crippen MR) is 140 cm³/mol. The van der Waals surface area contributed by atoms with Gasteiger partial charge in [-0.05, 0) is 59.9 Å². The summed E-state index contributed by atoms with van der Waals surface area (Å²) in [4.78, 5) is 36.7. The molecule has 2 atom stereocenters. The zero-order valence-corrected chi connectivity index (χ0v) is 21.8. The number of rotatable bonds is 12. The fourth-order valence-electron chi connectivity index (χ4n) is 4.35. The molecule has 12 heteroatoms. The molecular formula is C29H27F5N2O5. The molecule has 0 fully saturated rings. The Bertz CT molecular complexity index is 1360. The Kier molecular flexibility index (Phi) is 10.4. The third-order valence-electron chi connectivity index (χ3n) is 6.17. The lowest BCUT2D eigenvalue weighted by molar-refractivity contribution is -0.274. The first-order valence-corrected chi connectivity index (χ1v) is 12.6. The van der Waals surface area contributed by atoms with E-state index in [1.165, 1.54) is 24.3 Å². The third-order valence-corrected chi connectivity index (χ3v) is 6.17. The fourth-order valence-corrected chi connectivity index (χ4v) is 4.35. The minimum atomic E-state index is -4.91. The molecule has 0 aromatic heterocycles. The molecule has 7 nitrogen and oxygen atoms in total. The van der Waals surface area contributed by atoms with Gasteiger partial charge in [0.1, 0.15) is 17.4 Å². The highest BCUT2D eigenvalue weighted by Gasteiger charge is 2.33. The first-order valence-electron chi connectivity index (χ1n) is 12.6. The second-order valence-electron chi connectivity index (χ2n) is 9.12. The quantitative estimate of drug-likeness (QED) is 0.217. The van der Waals surface area contributed by atoms with Crippen molar-refractivity contribution in [3.8, 4) is 5.75 Å². The SMILES string of the molecule is CCCC(c1ccc(C(=O)NCCC(=O)O)cc1)C(C(=O)Nc1ccc(F)cc1F)c1ccc(OC(F)(F)F)cc1. The van der Waals surface area contributed by atoms with Crippen molar-refractivity contribution in [2.24, 2.45) is 0 Å². The molecule has 0 heterocycles. The first kappa shape index (κ1) is 31.1. The molecule has 41 heavy (non-hydrogen) atoms. The maximum absolute atomic E-state index is 14.4. The number of amides is 2. The number of hydrogen-bond donors (Lipinski definition) is 3. The molecule has 3 rings (SSSR count). The van der Waals surface area contributed by atoms with E-state index >= 15 is 0 Å². The number of anilines is 1. The summed E-state index contributed by atoms with van der Waals surface area (Å²) in [5.41, 5.74) is 0.900. The summed E-state index contributed by atoms with van der Waals surface area (Å²) in [6.45, 7) is 1.80. The predicted octanol–water partition coefficient (Wildman–Crippen LogP) is 6.37. The molecule has 0 saturated carbocycles. The molecule has 0 saturated heterocycles. The second kappa shape index (κ2) is 13.7. The van der Waals surface area contributed by atoms with Crippen LogP contribution in [0.25, 0.3) is 0 Å². The maximum Gasteiger partial charge on any atom is 0.573 e. The lowest BCUT2D eigenvalue weighted by atomic mass is 9.78. The van der Waals surface area contributed by atoms with E-state index in [2.05, 4.69) is 15.4 Å². The van der Waals surface area contributed by atoms with Crippen molar-refractivity contribution in [3.05, 3.63) is 95.1 Å². The first-order chi connectivity index (χ1) is 19.4. The van der Waals surface area contributed by atoms with Crippen LogP contribution in [0.1, 0.15) is 59.5 Å². The maximum atomic E-state index is 14.4. The molecule has 0 bridgehead atoms. The van der Waals surface area contributed by atoms with Crippen LogP contribution >= 0.6 is 0 Å². The van der Waals surface area contributed by atoms with Crippen molar-refractivity contribution in [2.45, 2.75) is 44.4 Å². The Morgan fingerprint density at radius 2 is 1.56 bits per heavy atom. The van der Waals surface area contributed by atoms with Crippen molar-refractivity contribution in [1.29, 1.82) is 0 Å². The van der Waals surface area contributed by atoms with Gasteiger partial charge in [-0.1, -0.05) is 37.6 Å². The minimum Gasteiger partial charge on any atom is -0.481 e. The number of carbonyl (C=O) groups excluding carboxylic acids is 2. The number of benzene rings is 3. The summed E-state index contributed by atoms with van der Waals surface area (Å²) in [5, 5.41) is 13.7. The molecular weight excluding hydrogens is 551 g/mol. The fraction of sp³-hybridized carbons (Fsp3) is 0.276. The summed E-state index contributed by atoms with van der Waals surface area (Å²) in [6.07, 6.45) is -4.15. The van der Waals surface area contributed by atoms with Crippen molar-refractivity contribution >= 4 is 23.5 Å². The lowest BCUT2D eigenvalue weighted by Gasteiger charge is -2.28. The molecule has 0 aliphatic carbocycles. The summed E-state index contributed by atoms with van der Waals surface area (Å²) in [7, 11) is 0. The molecule has 0 radical (unpaired) electrons. The Morgan fingerprint density at radius 1 is 0.927 bits per heavy atom. The number of aliphatic carboxylic acids is 1. The molecule has 218 valence electrons. The number of carbonyl (C=O) groups is 3. The molecule has 0 spiro atoms. The lowest BCUT2D eigenvalue weighted by Crippen LogP contribution is -2.28. The van der Waals surface area contributed by atoms with Crippen LogP contribution in [0.5, 0.6) is 5.75 Å². The van der Waals surface area contributed by atoms with E-state index in [0.29, 0.717) is 30.0 Å². The van der Waals surface area contributed by atoms with Gasteiger partial charge in [-0.15, -0.1) is 13.2 Å². The number of alkyl halides is 3. The van der Waals surface area contributed by atoms with Gasteiger partial charge in [-0.2, -0.15) is 0 Å². The van der Waals surface area contributed by atoms with Gasteiger partial charge in [-0.25, -0.2) is 8.78 Å². The number of hydrogen-bond acceptors (Lipinski definition) is 4. The molecule has 3 aromatic rings. The standard InChI is InChI=1S/C29H27F5N2O5/c1-2-3-22(17-4-6-19(7-5-17)27(39)35-15-14-25(37)38)26(18-8-11-21(12-9-18)41-29(32,33)34)28(40)36-24-13-10-20(30)16-23(24)31/h4-13,16,22,26H,2-3,14-15H2,1H3,(H,35,39)(H,36,40)(H,37,38). The van der Waals surface area contributed by atoms with Gasteiger partial charge in [0.25, 0.3) is 5.91 Å². The Labute approximate surface area is 232 Å². The average molecular weight is 579 g/mol. The summed E-state index contributed by atoms with van der Waals surface area (Å²) in [6, 6.07) is 13.6. The molecule has 3 aromatic carbocycles. The van der Waals surface area contributed by atoms with Gasteiger partial charge in [0.15, 0.2) is 0 Å². The normalized spacial score (nSPS) is 12.7. The van der Waals surface area contributed by atoms with Crippen LogP contribution in [0.4, 0.5) is 27.6 Å². The van der Waals surface area contributed by atoms with Crippen LogP contribution < -0.4 is 15.4 Å². The number of halogens is 5. The largest absolute Gasteiger partial charge is 0.573 e. The zero-order valence-electron chi connectivity index (χ0n) is 21.8. The smallest absolute Gasteiger partial charge is 0.481 e. The highest BCUT2D eigenvalue weighted by atomic mass is 19.4. The van der Waals surface area contributed by atoms with Crippen molar-refractivity contribution < 1.29 is 46.2 Å². The van der Waals surface area contributed by atoms with Gasteiger partial charge in [0.2, 0.25) is 5.91 Å². The molecule has 0 aliphatic rings.